The Labute approximate surface area is 165 Å². The number of aromatic nitrogens is 3. The van der Waals surface area contributed by atoms with Crippen molar-refractivity contribution in [2.45, 2.75) is 5.16 Å². The standard InChI is InChI=1S/C21H16N4O2S/c22-11-13-7-17(16-6-5-14-3-1-2-4-15(14)9-16)10-18(8-13)20-23-21(25-24-20)28-12-19(26)27/h1-11,22H,12H2,(H,26,27)(H,23,24,25). The van der Waals surface area contributed by atoms with Gasteiger partial charge in [0.25, 0.3) is 0 Å². The van der Waals surface area contributed by atoms with Crippen LogP contribution in [0.2, 0.25) is 0 Å². The van der Waals surface area contributed by atoms with E-state index in [1.165, 1.54) is 11.6 Å². The monoisotopic (exact) mass is 388 g/mol. The normalized spacial score (nSPS) is 10.9. The van der Waals surface area contributed by atoms with Crippen molar-refractivity contribution in [2.75, 3.05) is 5.75 Å². The number of fused-ring (bicyclic) bond motifs is 1. The summed E-state index contributed by atoms with van der Waals surface area (Å²) in [5, 5.41) is 26.1. The molecule has 0 spiro atoms. The molecule has 3 N–H and O–H groups in total. The Hall–Kier alpha value is -3.45. The average Bonchev–Trinajstić information content (AvgIpc) is 3.20. The summed E-state index contributed by atoms with van der Waals surface area (Å²) in [6.07, 6.45) is 1.30. The quantitative estimate of drug-likeness (QED) is 0.334. The minimum absolute atomic E-state index is 0.0971. The highest BCUT2D eigenvalue weighted by atomic mass is 32.2. The van der Waals surface area contributed by atoms with Crippen LogP contribution in [0.1, 0.15) is 5.56 Å². The third kappa shape index (κ3) is 3.79. The second-order valence-corrected chi connectivity index (χ2v) is 7.14. The topological polar surface area (TPSA) is 103 Å². The fraction of sp³-hybridized carbons (Fsp3) is 0.0476. The number of benzene rings is 3. The molecule has 7 heteroatoms. The predicted octanol–water partition coefficient (Wildman–Crippen LogP) is 4.47. The summed E-state index contributed by atoms with van der Waals surface area (Å²) in [5.74, 6) is -0.473. The molecule has 3 aromatic carbocycles. The van der Waals surface area contributed by atoms with Crippen molar-refractivity contribution >= 4 is 34.7 Å². The molecule has 0 amide bonds. The Bertz CT molecular complexity index is 1190. The van der Waals surface area contributed by atoms with Crippen molar-refractivity contribution in [2.24, 2.45) is 0 Å². The third-order valence-corrected chi connectivity index (χ3v) is 5.10. The first-order chi connectivity index (χ1) is 13.6. The number of hydrogen-bond acceptors (Lipinski definition) is 5. The van der Waals surface area contributed by atoms with Gasteiger partial charge in [-0.05, 0) is 51.7 Å². The second-order valence-electron chi connectivity index (χ2n) is 6.20. The number of thioether (sulfide) groups is 1. The first-order valence-electron chi connectivity index (χ1n) is 8.54. The van der Waals surface area contributed by atoms with Crippen LogP contribution >= 0.6 is 11.8 Å². The maximum atomic E-state index is 10.7. The van der Waals surface area contributed by atoms with Gasteiger partial charge in [-0.3, -0.25) is 9.89 Å². The lowest BCUT2D eigenvalue weighted by molar-refractivity contribution is -0.133. The number of rotatable bonds is 6. The molecule has 0 atom stereocenters. The lowest BCUT2D eigenvalue weighted by Crippen LogP contribution is -1.97. The summed E-state index contributed by atoms with van der Waals surface area (Å²) < 4.78 is 0. The Balaban J connectivity index is 1.73. The summed E-state index contributed by atoms with van der Waals surface area (Å²) in [4.78, 5) is 15.1. The molecule has 4 aromatic rings. The van der Waals surface area contributed by atoms with Crippen molar-refractivity contribution in [3.05, 3.63) is 66.2 Å². The van der Waals surface area contributed by atoms with E-state index in [9.17, 15) is 4.79 Å². The highest BCUT2D eigenvalue weighted by Gasteiger charge is 2.11. The van der Waals surface area contributed by atoms with Crippen LogP contribution in [-0.2, 0) is 4.79 Å². The van der Waals surface area contributed by atoms with Gasteiger partial charge in [0.2, 0.25) is 5.16 Å². The molecule has 1 heterocycles. The van der Waals surface area contributed by atoms with Gasteiger partial charge in [0, 0.05) is 11.8 Å². The number of hydrogen-bond donors (Lipinski definition) is 3. The van der Waals surface area contributed by atoms with Gasteiger partial charge in [-0.15, -0.1) is 5.10 Å². The zero-order valence-corrected chi connectivity index (χ0v) is 15.5. The van der Waals surface area contributed by atoms with E-state index in [1.807, 2.05) is 30.3 Å². The van der Waals surface area contributed by atoms with Crippen LogP contribution in [0.3, 0.4) is 0 Å². The van der Waals surface area contributed by atoms with E-state index in [0.29, 0.717) is 11.0 Å². The van der Waals surface area contributed by atoms with Gasteiger partial charge in [-0.25, -0.2) is 4.98 Å². The van der Waals surface area contributed by atoms with Crippen LogP contribution in [0.25, 0.3) is 33.3 Å². The second kappa shape index (κ2) is 7.66. The zero-order chi connectivity index (χ0) is 19.5. The Morgan fingerprint density at radius 1 is 1.04 bits per heavy atom. The molecule has 0 aliphatic heterocycles. The summed E-state index contributed by atoms with van der Waals surface area (Å²) in [5.41, 5.74) is 3.55. The number of aliphatic carboxylic acids is 1. The van der Waals surface area contributed by atoms with Crippen molar-refractivity contribution in [1.29, 1.82) is 5.41 Å². The first kappa shape index (κ1) is 17.9. The maximum Gasteiger partial charge on any atom is 0.313 e. The predicted molar refractivity (Wildman–Crippen MR) is 111 cm³/mol. The van der Waals surface area contributed by atoms with E-state index in [1.54, 1.807) is 0 Å². The minimum Gasteiger partial charge on any atom is -0.481 e. The number of H-pyrrole nitrogens is 1. The number of carboxylic acids is 1. The van der Waals surface area contributed by atoms with Gasteiger partial charge in [0.1, 0.15) is 0 Å². The molecule has 0 fully saturated rings. The average molecular weight is 388 g/mol. The zero-order valence-electron chi connectivity index (χ0n) is 14.7. The largest absolute Gasteiger partial charge is 0.481 e. The van der Waals surface area contributed by atoms with E-state index in [-0.39, 0.29) is 5.75 Å². The maximum absolute atomic E-state index is 10.7. The molecule has 0 saturated carbocycles. The highest BCUT2D eigenvalue weighted by Crippen LogP contribution is 2.29. The lowest BCUT2D eigenvalue weighted by Gasteiger charge is -2.08. The van der Waals surface area contributed by atoms with Crippen LogP contribution < -0.4 is 0 Å². The molecule has 0 radical (unpaired) electrons. The number of nitrogens with zero attached hydrogens (tertiary/aromatic N) is 2. The van der Waals surface area contributed by atoms with Crippen LogP contribution in [0.15, 0.2) is 65.8 Å². The van der Waals surface area contributed by atoms with Gasteiger partial charge in [-0.1, -0.05) is 48.2 Å². The SMILES string of the molecule is N=Cc1cc(-c2ccc3ccccc3c2)cc(-c2nc(SCC(=O)O)n[nH]2)c1. The Morgan fingerprint density at radius 3 is 2.61 bits per heavy atom. The van der Waals surface area contributed by atoms with Gasteiger partial charge in [-0.2, -0.15) is 0 Å². The van der Waals surface area contributed by atoms with Gasteiger partial charge in [0.05, 0.1) is 5.75 Å². The van der Waals surface area contributed by atoms with Gasteiger partial charge in [0.15, 0.2) is 5.82 Å². The summed E-state index contributed by atoms with van der Waals surface area (Å²) in [7, 11) is 0. The lowest BCUT2D eigenvalue weighted by atomic mass is 9.97. The highest BCUT2D eigenvalue weighted by molar-refractivity contribution is 7.99. The summed E-state index contributed by atoms with van der Waals surface area (Å²) in [6.45, 7) is 0. The van der Waals surface area contributed by atoms with E-state index < -0.39 is 5.97 Å². The molecule has 28 heavy (non-hydrogen) atoms. The van der Waals surface area contributed by atoms with Crippen molar-refractivity contribution in [1.82, 2.24) is 15.2 Å². The van der Waals surface area contributed by atoms with Crippen LogP contribution in [0.4, 0.5) is 0 Å². The van der Waals surface area contributed by atoms with Gasteiger partial charge >= 0.3 is 5.97 Å². The van der Waals surface area contributed by atoms with E-state index in [4.69, 9.17) is 10.5 Å². The minimum atomic E-state index is -0.916. The molecule has 1 aromatic heterocycles. The fourth-order valence-corrected chi connectivity index (χ4v) is 3.49. The number of carbonyl (C=O) groups is 1. The third-order valence-electron chi connectivity index (χ3n) is 4.27. The number of nitrogens with one attached hydrogen (secondary N) is 2. The molecule has 0 saturated heterocycles. The van der Waals surface area contributed by atoms with E-state index in [2.05, 4.69) is 45.5 Å². The van der Waals surface area contributed by atoms with Crippen molar-refractivity contribution < 1.29 is 9.90 Å². The molecular formula is C21H16N4O2S. The van der Waals surface area contributed by atoms with E-state index >= 15 is 0 Å². The Morgan fingerprint density at radius 2 is 1.82 bits per heavy atom. The molecule has 138 valence electrons. The van der Waals surface area contributed by atoms with E-state index in [0.717, 1.165) is 39.4 Å². The molecule has 0 bridgehead atoms. The van der Waals surface area contributed by atoms with Gasteiger partial charge < -0.3 is 10.5 Å². The number of aromatic amines is 1. The molecular weight excluding hydrogens is 372 g/mol. The first-order valence-corrected chi connectivity index (χ1v) is 9.53. The molecule has 0 unspecified atom stereocenters. The molecule has 0 aliphatic carbocycles. The van der Waals surface area contributed by atoms with Crippen LogP contribution in [-0.4, -0.2) is 38.2 Å². The van der Waals surface area contributed by atoms with Crippen molar-refractivity contribution in [3.8, 4) is 22.5 Å². The number of carboxylic acid groups (broad SMARTS) is 1. The molecule has 6 nitrogen and oxygen atoms in total. The molecule has 0 aliphatic rings. The Kier molecular flexibility index (Phi) is 4.90. The summed E-state index contributed by atoms with van der Waals surface area (Å²) in [6, 6.07) is 20.2. The smallest absolute Gasteiger partial charge is 0.313 e. The van der Waals surface area contributed by atoms with Crippen LogP contribution in [0.5, 0.6) is 0 Å². The van der Waals surface area contributed by atoms with Crippen molar-refractivity contribution in [3.63, 3.8) is 0 Å². The summed E-state index contributed by atoms with van der Waals surface area (Å²) >= 11 is 1.06. The van der Waals surface area contributed by atoms with Crippen LogP contribution in [0, 0.1) is 5.41 Å². The molecule has 4 rings (SSSR count). The fourth-order valence-electron chi connectivity index (χ4n) is 2.97.